The summed E-state index contributed by atoms with van der Waals surface area (Å²) >= 11 is 0. The number of carbonyl (C=O) groups excluding carboxylic acids is 3. The minimum absolute atomic E-state index is 0.00227. The SMILES string of the molecule is CC(C)C1=C[C@@]23CC[C@@H]4[C@](C)(CCC[C@@]4(C)C(=O)[O-])[C@H]2C[C@@H]1[C@@H]1C(=O)N(c2cccc(O)c2)C(=O)[C@@H]13. The summed E-state index contributed by atoms with van der Waals surface area (Å²) in [6.07, 6.45) is 7.07. The summed E-state index contributed by atoms with van der Waals surface area (Å²) in [7, 11) is 0. The van der Waals surface area contributed by atoms with Crippen molar-refractivity contribution in [1.29, 1.82) is 0 Å². The summed E-state index contributed by atoms with van der Waals surface area (Å²) in [5, 5.41) is 22.5. The van der Waals surface area contributed by atoms with Gasteiger partial charge >= 0.3 is 0 Å². The van der Waals surface area contributed by atoms with E-state index in [4.69, 9.17) is 0 Å². The number of benzene rings is 1. The largest absolute Gasteiger partial charge is 0.550 e. The standard InChI is InChI=1S/C30H37NO5/c1-16(2)20-15-30-12-9-21-28(3,10-6-11-29(21,4)27(35)36)22(30)14-19(20)23-24(30)26(34)31(25(23)33)17-7-5-8-18(32)13-17/h5,7-8,13,15-16,19,21-24,32H,6,9-12,14H2,1-4H3,(H,35,36)/p-1/t19-,21+,22+,23-,24+,28-,29+,30-/m0/s1. The van der Waals surface area contributed by atoms with Crippen LogP contribution in [0.1, 0.15) is 66.2 Å². The number of aliphatic carboxylic acids is 1. The lowest BCUT2D eigenvalue weighted by Crippen LogP contribution is -2.66. The Balaban J connectivity index is 1.50. The Morgan fingerprint density at radius 1 is 1.11 bits per heavy atom. The molecule has 36 heavy (non-hydrogen) atoms. The van der Waals surface area contributed by atoms with Crippen LogP contribution in [0.4, 0.5) is 5.69 Å². The molecule has 8 atom stereocenters. The molecule has 0 unspecified atom stereocenters. The van der Waals surface area contributed by atoms with Gasteiger partial charge in [0, 0.05) is 22.9 Å². The number of amides is 2. The number of rotatable bonds is 3. The number of carboxylic acid groups (broad SMARTS) is 1. The monoisotopic (exact) mass is 490 g/mol. The molecule has 1 aromatic carbocycles. The third kappa shape index (κ3) is 2.76. The third-order valence-electron chi connectivity index (χ3n) is 11.2. The molecule has 2 amide bonds. The maximum atomic E-state index is 14.2. The van der Waals surface area contributed by atoms with Crippen LogP contribution in [0, 0.1) is 51.8 Å². The second kappa shape index (κ2) is 7.45. The number of hydrogen-bond acceptors (Lipinski definition) is 5. The smallest absolute Gasteiger partial charge is 0.238 e. The molecule has 6 nitrogen and oxygen atoms in total. The van der Waals surface area contributed by atoms with E-state index in [0.717, 1.165) is 32.1 Å². The van der Waals surface area contributed by atoms with Crippen LogP contribution >= 0.6 is 0 Å². The van der Waals surface area contributed by atoms with Crippen LogP contribution in [0.3, 0.4) is 0 Å². The van der Waals surface area contributed by atoms with Crippen molar-refractivity contribution < 1.29 is 24.6 Å². The molecule has 4 fully saturated rings. The fourth-order valence-electron chi connectivity index (χ4n) is 9.83. The number of fused-ring (bicyclic) bond motifs is 1. The van der Waals surface area contributed by atoms with E-state index < -0.39 is 28.6 Å². The lowest BCUT2D eigenvalue weighted by atomic mass is 9.34. The molecule has 6 heteroatoms. The fourth-order valence-corrected chi connectivity index (χ4v) is 9.83. The third-order valence-corrected chi connectivity index (χ3v) is 11.2. The average Bonchev–Trinajstić information content (AvgIpc) is 3.10. The molecule has 2 bridgehead atoms. The maximum absolute atomic E-state index is 14.2. The highest BCUT2D eigenvalue weighted by Gasteiger charge is 2.72. The van der Waals surface area contributed by atoms with E-state index in [0.29, 0.717) is 12.1 Å². The number of carbonyl (C=O) groups is 3. The molecule has 192 valence electrons. The van der Waals surface area contributed by atoms with Gasteiger partial charge in [-0.05, 0) is 73.3 Å². The molecule has 3 saturated carbocycles. The van der Waals surface area contributed by atoms with Crippen molar-refractivity contribution in [2.45, 2.75) is 66.2 Å². The molecular weight excluding hydrogens is 454 g/mol. The lowest BCUT2D eigenvalue weighted by Gasteiger charge is -2.69. The van der Waals surface area contributed by atoms with Crippen LogP contribution in [0.2, 0.25) is 0 Å². The van der Waals surface area contributed by atoms with E-state index in [1.807, 2.05) is 6.92 Å². The van der Waals surface area contributed by atoms with Gasteiger partial charge in [0.2, 0.25) is 11.8 Å². The second-order valence-electron chi connectivity index (χ2n) is 13.0. The Bertz CT molecular complexity index is 1200. The molecule has 1 spiro atoms. The molecule has 1 N–H and O–H groups in total. The summed E-state index contributed by atoms with van der Waals surface area (Å²) < 4.78 is 0. The highest BCUT2D eigenvalue weighted by atomic mass is 16.4. The quantitative estimate of drug-likeness (QED) is 0.509. The van der Waals surface area contributed by atoms with E-state index in [9.17, 15) is 24.6 Å². The van der Waals surface area contributed by atoms with Gasteiger partial charge in [-0.1, -0.05) is 51.8 Å². The highest BCUT2D eigenvalue weighted by molar-refractivity contribution is 6.23. The number of carboxylic acids is 1. The zero-order chi connectivity index (χ0) is 25.8. The Labute approximate surface area is 212 Å². The summed E-state index contributed by atoms with van der Waals surface area (Å²) in [6, 6.07) is 6.41. The van der Waals surface area contributed by atoms with Gasteiger partial charge in [0.15, 0.2) is 0 Å². The number of allylic oxidation sites excluding steroid dienone is 2. The van der Waals surface area contributed by atoms with Gasteiger partial charge in [-0.2, -0.15) is 0 Å². The first-order valence-electron chi connectivity index (χ1n) is 13.6. The van der Waals surface area contributed by atoms with Crippen molar-refractivity contribution in [3.05, 3.63) is 35.9 Å². The number of hydrogen-bond donors (Lipinski definition) is 1. The molecule has 6 aliphatic rings. The van der Waals surface area contributed by atoms with Gasteiger partial charge in [-0.25, -0.2) is 4.90 Å². The number of anilines is 1. The summed E-state index contributed by atoms with van der Waals surface area (Å²) in [6.45, 7) is 8.47. The van der Waals surface area contributed by atoms with Gasteiger partial charge in [-0.15, -0.1) is 0 Å². The molecule has 0 radical (unpaired) electrons. The second-order valence-corrected chi connectivity index (χ2v) is 13.0. The number of phenols is 1. The van der Waals surface area contributed by atoms with Gasteiger partial charge in [0.1, 0.15) is 5.75 Å². The molecule has 1 heterocycles. The Morgan fingerprint density at radius 3 is 2.53 bits per heavy atom. The van der Waals surface area contributed by atoms with Crippen molar-refractivity contribution in [1.82, 2.24) is 0 Å². The first kappa shape index (κ1) is 23.7. The maximum Gasteiger partial charge on any atom is 0.238 e. The van der Waals surface area contributed by atoms with Crippen LogP contribution in [-0.2, 0) is 14.4 Å². The Morgan fingerprint density at radius 2 is 1.86 bits per heavy atom. The van der Waals surface area contributed by atoms with Crippen molar-refractivity contribution in [2.24, 2.45) is 51.8 Å². The number of phenolic OH excluding ortho intramolecular Hbond substituents is 1. The minimum atomic E-state index is -0.950. The zero-order valence-corrected chi connectivity index (χ0v) is 21.6. The van der Waals surface area contributed by atoms with Crippen molar-refractivity contribution in [3.63, 3.8) is 0 Å². The first-order chi connectivity index (χ1) is 17.0. The van der Waals surface area contributed by atoms with E-state index in [1.54, 1.807) is 12.1 Å². The summed E-state index contributed by atoms with van der Waals surface area (Å²) in [5.74, 6) is -1.66. The normalized spacial score (nSPS) is 43.2. The zero-order valence-electron chi connectivity index (χ0n) is 21.6. The van der Waals surface area contributed by atoms with Gasteiger partial charge < -0.3 is 15.0 Å². The van der Waals surface area contributed by atoms with Crippen LogP contribution < -0.4 is 10.0 Å². The number of imide groups is 1. The molecule has 1 saturated heterocycles. The molecule has 7 rings (SSSR count). The van der Waals surface area contributed by atoms with Gasteiger partial charge in [0.25, 0.3) is 0 Å². The van der Waals surface area contributed by atoms with E-state index in [1.165, 1.54) is 22.6 Å². The number of nitrogens with zero attached hydrogens (tertiary/aromatic N) is 1. The van der Waals surface area contributed by atoms with E-state index in [2.05, 4.69) is 26.8 Å². The fraction of sp³-hybridized carbons (Fsp3) is 0.633. The van der Waals surface area contributed by atoms with Crippen molar-refractivity contribution in [2.75, 3.05) is 4.90 Å². The van der Waals surface area contributed by atoms with Crippen molar-refractivity contribution >= 4 is 23.5 Å². The predicted octanol–water partition coefficient (Wildman–Crippen LogP) is 4.07. The van der Waals surface area contributed by atoms with E-state index >= 15 is 0 Å². The molecule has 5 aliphatic carbocycles. The predicted molar refractivity (Wildman–Crippen MR) is 132 cm³/mol. The van der Waals surface area contributed by atoms with Crippen molar-refractivity contribution in [3.8, 4) is 5.75 Å². The lowest BCUT2D eigenvalue weighted by molar-refractivity contribution is -0.328. The molecule has 1 aromatic rings. The van der Waals surface area contributed by atoms with E-state index in [-0.39, 0.29) is 46.7 Å². The van der Waals surface area contributed by atoms with Gasteiger partial charge in [-0.3, -0.25) is 9.59 Å². The summed E-state index contributed by atoms with van der Waals surface area (Å²) in [5.41, 5.74) is 0.174. The van der Waals surface area contributed by atoms with Crippen LogP contribution in [0.15, 0.2) is 35.9 Å². The molecule has 1 aliphatic heterocycles. The van der Waals surface area contributed by atoms with Crippen LogP contribution in [0.25, 0.3) is 0 Å². The topological polar surface area (TPSA) is 97.7 Å². The first-order valence-corrected chi connectivity index (χ1v) is 13.6. The number of aromatic hydroxyl groups is 1. The highest BCUT2D eigenvalue weighted by Crippen LogP contribution is 2.74. The van der Waals surface area contributed by atoms with Gasteiger partial charge in [0.05, 0.1) is 17.5 Å². The Hall–Kier alpha value is -2.63. The summed E-state index contributed by atoms with van der Waals surface area (Å²) in [4.78, 5) is 41.8. The molecular formula is C30H36NO5-. The average molecular weight is 491 g/mol. The molecule has 0 aromatic heterocycles. The van der Waals surface area contributed by atoms with Crippen LogP contribution in [0.5, 0.6) is 5.75 Å². The van der Waals surface area contributed by atoms with Crippen LogP contribution in [-0.4, -0.2) is 22.9 Å². The Kier molecular flexibility index (Phi) is 4.92. The minimum Gasteiger partial charge on any atom is -0.550 e.